The molecule has 0 atom stereocenters. The Morgan fingerprint density at radius 2 is 0.356 bits per heavy atom. The lowest BCUT2D eigenvalue weighted by molar-refractivity contribution is 1.25. The minimum atomic E-state index is 1.06. The normalized spacial score (nSPS) is 11.3. The van der Waals surface area contributed by atoms with Gasteiger partial charge in [-0.3, -0.25) is 0 Å². The summed E-state index contributed by atoms with van der Waals surface area (Å²) in [5.41, 5.74) is 12.7. The summed E-state index contributed by atoms with van der Waals surface area (Å²) in [4.78, 5) is 2.41. The van der Waals surface area contributed by atoms with Gasteiger partial charge >= 0.3 is 0 Å². The summed E-state index contributed by atoms with van der Waals surface area (Å²) in [5, 5.41) is 14.1. The van der Waals surface area contributed by atoms with E-state index in [0.29, 0.717) is 0 Å². The lowest BCUT2D eigenvalue weighted by Crippen LogP contribution is -2.10. The predicted octanol–water partition coefficient (Wildman–Crippen LogP) is 17.9. The first-order valence-corrected chi connectivity index (χ1v) is 25.2. The van der Waals surface area contributed by atoms with Crippen LogP contribution in [0.1, 0.15) is 0 Å². The maximum atomic E-state index is 2.44. The fourth-order valence-corrected chi connectivity index (χ4v) is 10.9. The van der Waals surface area contributed by atoms with Crippen molar-refractivity contribution in [1.82, 2.24) is 0 Å². The van der Waals surface area contributed by atoms with Crippen molar-refractivity contribution in [2.75, 3.05) is 4.90 Å². The zero-order valence-electron chi connectivity index (χ0n) is 40.2. The number of rotatable bonds is 7. The molecule has 1 aliphatic rings. The Kier molecular flexibility index (Phi) is 11.3. The average molecular weight is 928 g/mol. The van der Waals surface area contributed by atoms with Gasteiger partial charge in [0.2, 0.25) is 0 Å². The van der Waals surface area contributed by atoms with E-state index >= 15 is 0 Å². The monoisotopic (exact) mass is 927 g/mol. The minimum absolute atomic E-state index is 1.06. The van der Waals surface area contributed by atoms with Gasteiger partial charge in [-0.15, -0.1) is 0 Å². The van der Waals surface area contributed by atoms with Gasteiger partial charge in [0.05, 0.1) is 0 Å². The van der Waals surface area contributed by atoms with Gasteiger partial charge in [-0.1, -0.05) is 249 Å². The maximum absolute atomic E-state index is 2.44. The van der Waals surface area contributed by atoms with Crippen LogP contribution in [0.5, 0.6) is 0 Å². The topological polar surface area (TPSA) is 3.24 Å². The SMILES string of the molecule is c1ccc(-c2ccc(N(c3ccc(-c4ccccc4)cc3)c3ccc4c(c3)=c3ccccc3=c3cc(-c5ccccc5)ccc3=c3ccccc3=c3ccccc3=c3cc(-c5ccccc5)ccc3=4)cc2)cc1. The molecule has 1 heteroatoms. The van der Waals surface area contributed by atoms with Crippen LogP contribution < -0.4 is 4.90 Å². The second kappa shape index (κ2) is 19.0. The van der Waals surface area contributed by atoms with Gasteiger partial charge in [-0.2, -0.15) is 0 Å². The van der Waals surface area contributed by atoms with Crippen LogP contribution in [0.15, 0.2) is 297 Å². The Bertz CT molecular complexity index is 4540. The van der Waals surface area contributed by atoms with E-state index in [9.17, 15) is 0 Å². The van der Waals surface area contributed by atoms with Crippen LogP contribution in [0, 0.1) is 62.6 Å². The lowest BCUT2D eigenvalue weighted by atomic mass is 9.97. The first-order chi connectivity index (χ1) is 36.2. The smallest absolute Gasteiger partial charge is 0.0468 e. The lowest BCUT2D eigenvalue weighted by Gasteiger charge is -2.26. The molecule has 0 spiro atoms. The van der Waals surface area contributed by atoms with E-state index in [1.165, 1.54) is 91.5 Å². The molecule has 0 saturated heterocycles. The summed E-state index contributed by atoms with van der Waals surface area (Å²) in [6.07, 6.45) is 0. The Balaban J connectivity index is 1.23. The van der Waals surface area contributed by atoms with E-state index in [0.717, 1.165) is 32.7 Å². The van der Waals surface area contributed by atoms with Crippen LogP contribution in [0.4, 0.5) is 17.1 Å². The van der Waals surface area contributed by atoms with E-state index in [1.54, 1.807) is 0 Å². The van der Waals surface area contributed by atoms with Gasteiger partial charge in [0.25, 0.3) is 0 Å². The molecular formula is C72H49N. The molecule has 0 aromatic heterocycles. The summed E-state index contributed by atoms with van der Waals surface area (Å²) < 4.78 is 0. The van der Waals surface area contributed by atoms with Crippen molar-refractivity contribution in [2.45, 2.75) is 0 Å². The number of hydrogen-bond donors (Lipinski definition) is 0. The molecule has 1 nitrogen and oxygen atoms in total. The van der Waals surface area contributed by atoms with Gasteiger partial charge in [0.1, 0.15) is 0 Å². The largest absolute Gasteiger partial charge is 0.310 e. The number of nitrogens with zero attached hydrogens (tertiary/aromatic N) is 1. The standard InChI is InChI=1S/C72H49N/c1-5-19-50(20-6-1)54-33-39-58(40-34-54)73(59-41-35-55(36-42-59)51-21-7-2-8-22-51)60-43-46-69-68-45-38-57(53-25-11-4-12-26-53)47-70(68)64-30-16-15-28-62(64)61-27-13-14-29-63(61)67-44-37-56(52-23-9-3-10-24-52)48-71(67)65-31-17-18-32-66(65)72(69)49-60/h1-49H. The number of fused-ring (bicyclic) bond motifs is 6. The Hall–Kier alpha value is -9.56. The summed E-state index contributed by atoms with van der Waals surface area (Å²) in [5.74, 6) is 0. The molecule has 73 heavy (non-hydrogen) atoms. The predicted molar refractivity (Wildman–Crippen MR) is 301 cm³/mol. The number of benzene rings is 12. The minimum Gasteiger partial charge on any atom is -0.310 e. The molecule has 0 N–H and O–H groups in total. The van der Waals surface area contributed by atoms with E-state index < -0.39 is 0 Å². The van der Waals surface area contributed by atoms with E-state index in [2.05, 4.69) is 302 Å². The molecule has 0 unspecified atom stereocenters. The fourth-order valence-electron chi connectivity index (χ4n) is 10.9. The summed E-state index contributed by atoms with van der Waals surface area (Å²) in [7, 11) is 0. The fraction of sp³-hybridized carbons (Fsp3) is 0. The van der Waals surface area contributed by atoms with Gasteiger partial charge in [-0.25, -0.2) is 0 Å². The Labute approximate surface area is 424 Å². The highest BCUT2D eigenvalue weighted by Gasteiger charge is 2.15. The van der Waals surface area contributed by atoms with Crippen molar-refractivity contribution in [3.8, 4) is 44.5 Å². The molecule has 0 bridgehead atoms. The molecule has 12 aromatic carbocycles. The highest BCUT2D eigenvalue weighted by molar-refractivity contribution is 5.80. The van der Waals surface area contributed by atoms with Gasteiger partial charge in [-0.05, 0) is 156 Å². The molecule has 342 valence electrons. The van der Waals surface area contributed by atoms with Crippen molar-refractivity contribution in [1.29, 1.82) is 0 Å². The Morgan fingerprint density at radius 3 is 0.699 bits per heavy atom. The zero-order chi connectivity index (χ0) is 48.5. The maximum Gasteiger partial charge on any atom is 0.0468 e. The van der Waals surface area contributed by atoms with Crippen molar-refractivity contribution >= 4 is 17.1 Å². The molecule has 0 amide bonds. The first-order valence-electron chi connectivity index (χ1n) is 25.2. The van der Waals surface area contributed by atoms with E-state index in [1.807, 2.05) is 0 Å². The zero-order valence-corrected chi connectivity index (χ0v) is 40.2. The van der Waals surface area contributed by atoms with Crippen molar-refractivity contribution in [3.05, 3.63) is 360 Å². The average Bonchev–Trinajstić information content (AvgIpc) is 3.48. The molecule has 12 aromatic rings. The molecular weight excluding hydrogens is 879 g/mol. The number of anilines is 3. The highest BCUT2D eigenvalue weighted by atomic mass is 15.1. The van der Waals surface area contributed by atoms with E-state index in [-0.39, 0.29) is 0 Å². The summed E-state index contributed by atoms with van der Waals surface area (Å²) in [6, 6.07) is 109. The number of hydrogen-bond acceptors (Lipinski definition) is 1. The second-order valence-electron chi connectivity index (χ2n) is 18.8. The second-order valence-corrected chi connectivity index (χ2v) is 18.8. The van der Waals surface area contributed by atoms with Crippen molar-refractivity contribution < 1.29 is 0 Å². The van der Waals surface area contributed by atoms with Gasteiger partial charge in [0, 0.05) is 17.1 Å². The third-order valence-corrected chi connectivity index (χ3v) is 14.5. The van der Waals surface area contributed by atoms with Crippen molar-refractivity contribution in [3.63, 3.8) is 0 Å². The molecule has 0 radical (unpaired) electrons. The van der Waals surface area contributed by atoms with Crippen LogP contribution >= 0.6 is 0 Å². The van der Waals surface area contributed by atoms with Crippen LogP contribution in [-0.2, 0) is 0 Å². The third-order valence-electron chi connectivity index (χ3n) is 14.5. The summed E-state index contributed by atoms with van der Waals surface area (Å²) in [6.45, 7) is 0. The van der Waals surface area contributed by atoms with Gasteiger partial charge < -0.3 is 4.90 Å². The highest BCUT2D eigenvalue weighted by Crippen LogP contribution is 2.37. The van der Waals surface area contributed by atoms with Crippen LogP contribution in [0.2, 0.25) is 0 Å². The molecule has 1 aliphatic carbocycles. The molecule has 13 rings (SSSR count). The van der Waals surface area contributed by atoms with Crippen molar-refractivity contribution in [2.24, 2.45) is 0 Å². The van der Waals surface area contributed by atoms with Crippen LogP contribution in [0.25, 0.3) is 44.5 Å². The van der Waals surface area contributed by atoms with Crippen LogP contribution in [0.3, 0.4) is 0 Å². The molecule has 0 heterocycles. The first kappa shape index (κ1) is 43.5. The molecule has 0 fully saturated rings. The summed E-state index contributed by atoms with van der Waals surface area (Å²) >= 11 is 0. The Morgan fingerprint density at radius 1 is 0.137 bits per heavy atom. The molecule has 0 saturated carbocycles. The van der Waals surface area contributed by atoms with E-state index in [4.69, 9.17) is 0 Å². The van der Waals surface area contributed by atoms with Gasteiger partial charge in [0.15, 0.2) is 0 Å². The quantitative estimate of drug-likeness (QED) is 0.154. The third kappa shape index (κ3) is 8.23. The molecule has 0 aliphatic heterocycles. The van der Waals surface area contributed by atoms with Crippen LogP contribution in [-0.4, -0.2) is 0 Å².